The van der Waals surface area contributed by atoms with Gasteiger partial charge in [0.15, 0.2) is 0 Å². The Morgan fingerprint density at radius 3 is 2.52 bits per heavy atom. The Bertz CT molecular complexity index is 1450. The second-order valence-corrected chi connectivity index (χ2v) is 13.8. The number of thiophene rings is 1. The molecule has 3 amide bonds. The van der Waals surface area contributed by atoms with Gasteiger partial charge in [0.1, 0.15) is 10.4 Å². The number of alkyl carbamates (subject to hydrolysis) is 1. The van der Waals surface area contributed by atoms with E-state index in [2.05, 4.69) is 42.8 Å². The highest BCUT2D eigenvalue weighted by Crippen LogP contribution is 2.38. The number of amides is 3. The first kappa shape index (κ1) is 31.3. The van der Waals surface area contributed by atoms with Crippen molar-refractivity contribution in [1.82, 2.24) is 15.6 Å². The number of anilines is 1. The molecule has 0 bridgehead atoms. The van der Waals surface area contributed by atoms with E-state index in [1.165, 1.54) is 16.9 Å². The summed E-state index contributed by atoms with van der Waals surface area (Å²) in [4.78, 5) is 44.3. The molecule has 0 aliphatic heterocycles. The molecular weight excluding hydrogens is 552 g/mol. The molecule has 0 fully saturated rings. The lowest BCUT2D eigenvalue weighted by atomic mass is 9.71. The van der Waals surface area contributed by atoms with E-state index in [1.807, 2.05) is 12.1 Å². The number of ether oxygens (including phenoxy) is 2. The van der Waals surface area contributed by atoms with Crippen LogP contribution in [0.3, 0.4) is 0 Å². The number of rotatable bonds is 7. The largest absolute Gasteiger partial charge is 0.450 e. The average molecular weight is 595 g/mol. The van der Waals surface area contributed by atoms with Crippen molar-refractivity contribution < 1.29 is 23.9 Å². The topological polar surface area (TPSA) is 119 Å². The van der Waals surface area contributed by atoms with Gasteiger partial charge in [-0.3, -0.25) is 10.1 Å². The molecule has 1 unspecified atom stereocenters. The van der Waals surface area contributed by atoms with Gasteiger partial charge in [-0.15, -0.1) is 11.3 Å². The van der Waals surface area contributed by atoms with Gasteiger partial charge in [0.25, 0.3) is 5.91 Å². The summed E-state index contributed by atoms with van der Waals surface area (Å²) in [7, 11) is 0. The maximum Gasteiger partial charge on any atom is 0.411 e. The van der Waals surface area contributed by atoms with Crippen molar-refractivity contribution >= 4 is 45.3 Å². The summed E-state index contributed by atoms with van der Waals surface area (Å²) in [5, 5.41) is 9.46. The molecule has 4 rings (SSSR count). The predicted octanol–water partition coefficient (Wildman–Crippen LogP) is 7.01. The fourth-order valence-corrected chi connectivity index (χ4v) is 6.01. The van der Waals surface area contributed by atoms with Crippen molar-refractivity contribution in [3.05, 3.63) is 58.1 Å². The maximum atomic E-state index is 13.6. The van der Waals surface area contributed by atoms with Crippen molar-refractivity contribution in [2.75, 3.05) is 18.5 Å². The van der Waals surface area contributed by atoms with Gasteiger partial charge in [-0.1, -0.05) is 32.9 Å². The number of nitrogens with one attached hydrogen (secondary N) is 3. The van der Waals surface area contributed by atoms with E-state index in [0.29, 0.717) is 22.0 Å². The summed E-state index contributed by atoms with van der Waals surface area (Å²) in [5.41, 5.74) is 3.16. The highest BCUT2D eigenvalue weighted by Gasteiger charge is 2.30. The molecule has 1 aromatic carbocycles. The Labute approximate surface area is 251 Å². The predicted molar refractivity (Wildman–Crippen MR) is 166 cm³/mol. The van der Waals surface area contributed by atoms with Crippen molar-refractivity contribution in [1.29, 1.82) is 0 Å². The monoisotopic (exact) mass is 594 g/mol. The lowest BCUT2D eigenvalue weighted by Crippen LogP contribution is -2.40. The molecule has 42 heavy (non-hydrogen) atoms. The summed E-state index contributed by atoms with van der Waals surface area (Å²) in [6, 6.07) is 10.5. The summed E-state index contributed by atoms with van der Waals surface area (Å²) < 4.78 is 10.4. The Kier molecular flexibility index (Phi) is 9.45. The number of aromatic nitrogens is 1. The van der Waals surface area contributed by atoms with Crippen molar-refractivity contribution in [2.45, 2.75) is 79.4 Å². The van der Waals surface area contributed by atoms with E-state index in [-0.39, 0.29) is 24.5 Å². The van der Waals surface area contributed by atoms with Crippen molar-refractivity contribution in [3.63, 3.8) is 0 Å². The number of carbonyl (C=O) groups excluding carboxylic acids is 3. The van der Waals surface area contributed by atoms with Gasteiger partial charge < -0.3 is 20.1 Å². The standard InChI is InChI=1S/C32H42N4O5S/c1-8-40-30(39)34-23-11-9-10-19(16-23)25(18-33-29(38)41-32(5,6)7)35-27(37)26-17-21-14-20-15-22(31(2,3)4)12-13-24(20)36-28(21)42-26/h9-11,14,16-17,22,25H,8,12-13,15,18H2,1-7H3,(H,33,38)(H,34,39)(H,35,37)/t22?,25-/m1/s1. The lowest BCUT2D eigenvalue weighted by molar-refractivity contribution is 0.0520. The molecule has 2 aromatic heterocycles. The number of pyridine rings is 1. The first-order valence-corrected chi connectivity index (χ1v) is 15.3. The smallest absolute Gasteiger partial charge is 0.411 e. The maximum absolute atomic E-state index is 13.6. The minimum absolute atomic E-state index is 0.0785. The second-order valence-electron chi connectivity index (χ2n) is 12.8. The van der Waals surface area contributed by atoms with E-state index in [9.17, 15) is 14.4 Å². The third kappa shape index (κ3) is 8.21. The third-order valence-corrected chi connectivity index (χ3v) is 8.33. The number of carbonyl (C=O) groups is 3. The average Bonchev–Trinajstić information content (AvgIpc) is 3.31. The van der Waals surface area contributed by atoms with E-state index in [4.69, 9.17) is 14.5 Å². The fraction of sp³-hybridized carbons (Fsp3) is 0.500. The van der Waals surface area contributed by atoms with E-state index < -0.39 is 23.8 Å². The molecule has 10 heteroatoms. The zero-order chi connectivity index (χ0) is 30.7. The van der Waals surface area contributed by atoms with Crippen LogP contribution >= 0.6 is 11.3 Å². The highest BCUT2D eigenvalue weighted by molar-refractivity contribution is 7.20. The first-order chi connectivity index (χ1) is 19.7. The molecule has 0 saturated heterocycles. The van der Waals surface area contributed by atoms with Gasteiger partial charge in [0.05, 0.1) is 17.5 Å². The van der Waals surface area contributed by atoms with Crippen LogP contribution in [0.15, 0.2) is 36.4 Å². The SMILES string of the molecule is CCOC(=O)Nc1cccc([C@@H](CNC(=O)OC(C)(C)C)NC(=O)c2cc3cc4c(nc3s2)CCC(C(C)(C)C)C4)c1. The van der Waals surface area contributed by atoms with Gasteiger partial charge in [-0.2, -0.15) is 0 Å². The molecule has 9 nitrogen and oxygen atoms in total. The number of aryl methyl sites for hydroxylation is 1. The molecule has 1 aliphatic carbocycles. The van der Waals surface area contributed by atoms with E-state index >= 15 is 0 Å². The van der Waals surface area contributed by atoms with E-state index in [0.717, 1.165) is 35.2 Å². The van der Waals surface area contributed by atoms with Crippen LogP contribution in [0.2, 0.25) is 0 Å². The number of hydrogen-bond donors (Lipinski definition) is 3. The molecule has 1 aliphatic rings. The Morgan fingerprint density at radius 2 is 1.83 bits per heavy atom. The van der Waals surface area contributed by atoms with Crippen molar-refractivity contribution in [3.8, 4) is 0 Å². The molecule has 3 aromatic rings. The number of hydrogen-bond acceptors (Lipinski definition) is 7. The van der Waals surface area contributed by atoms with Crippen molar-refractivity contribution in [2.24, 2.45) is 11.3 Å². The summed E-state index contributed by atoms with van der Waals surface area (Å²) >= 11 is 1.36. The third-order valence-electron chi connectivity index (χ3n) is 7.29. The van der Waals surface area contributed by atoms with Gasteiger partial charge in [0.2, 0.25) is 0 Å². The molecule has 0 spiro atoms. The first-order valence-electron chi connectivity index (χ1n) is 14.5. The minimum Gasteiger partial charge on any atom is -0.450 e. The van der Waals surface area contributed by atoms with Gasteiger partial charge in [-0.25, -0.2) is 14.6 Å². The Balaban J connectivity index is 1.56. The van der Waals surface area contributed by atoms with Gasteiger partial charge in [0, 0.05) is 23.3 Å². The molecule has 226 valence electrons. The molecule has 0 saturated carbocycles. The minimum atomic E-state index is -0.664. The van der Waals surface area contributed by atoms with Crippen LogP contribution in [0, 0.1) is 11.3 Å². The van der Waals surface area contributed by atoms with Crippen LogP contribution in [0.4, 0.5) is 15.3 Å². The zero-order valence-corrected chi connectivity index (χ0v) is 26.4. The summed E-state index contributed by atoms with van der Waals surface area (Å²) in [6.07, 6.45) is 1.89. The quantitative estimate of drug-likeness (QED) is 0.271. The summed E-state index contributed by atoms with van der Waals surface area (Å²) in [6.45, 7) is 14.3. The van der Waals surface area contributed by atoms with Crippen LogP contribution in [0.5, 0.6) is 0 Å². The number of benzene rings is 1. The number of nitrogens with zero attached hydrogens (tertiary/aromatic N) is 1. The second kappa shape index (κ2) is 12.7. The number of fused-ring (bicyclic) bond motifs is 2. The fourth-order valence-electron chi connectivity index (χ4n) is 5.07. The lowest BCUT2D eigenvalue weighted by Gasteiger charge is -2.34. The molecule has 3 N–H and O–H groups in total. The Morgan fingerprint density at radius 1 is 1.07 bits per heavy atom. The normalized spacial score (nSPS) is 15.8. The van der Waals surface area contributed by atoms with Crippen LogP contribution in [0.1, 0.15) is 87.4 Å². The Hall–Kier alpha value is -3.66. The van der Waals surface area contributed by atoms with Crippen LogP contribution in [0.25, 0.3) is 10.2 Å². The zero-order valence-electron chi connectivity index (χ0n) is 25.6. The summed E-state index contributed by atoms with van der Waals surface area (Å²) in [5.74, 6) is 0.321. The van der Waals surface area contributed by atoms with Crippen LogP contribution in [-0.2, 0) is 22.3 Å². The highest BCUT2D eigenvalue weighted by atomic mass is 32.1. The van der Waals surface area contributed by atoms with Gasteiger partial charge in [-0.05, 0) is 93.7 Å². The van der Waals surface area contributed by atoms with Crippen LogP contribution in [-0.4, -0.2) is 41.8 Å². The molecule has 2 heterocycles. The van der Waals surface area contributed by atoms with Crippen LogP contribution < -0.4 is 16.0 Å². The molecular formula is C32H42N4O5S. The van der Waals surface area contributed by atoms with E-state index in [1.54, 1.807) is 45.9 Å². The molecule has 0 radical (unpaired) electrons. The van der Waals surface area contributed by atoms with Gasteiger partial charge >= 0.3 is 12.2 Å². The molecule has 2 atom stereocenters.